The first-order valence-electron chi connectivity index (χ1n) is 8.50. The topological polar surface area (TPSA) is 241 Å². The molecule has 0 heterocycles. The summed E-state index contributed by atoms with van der Waals surface area (Å²) in [6.07, 6.45) is 4.05. The average Bonchev–Trinajstić information content (AvgIpc) is 2.73. The van der Waals surface area contributed by atoms with Crippen LogP contribution in [0.3, 0.4) is 0 Å². The van der Waals surface area contributed by atoms with Crippen LogP contribution >= 0.6 is 12.0 Å². The maximum absolute atomic E-state index is 11.9. The van der Waals surface area contributed by atoms with Crippen molar-refractivity contribution >= 4 is 62.2 Å². The van der Waals surface area contributed by atoms with E-state index < -0.39 is 49.4 Å². The summed E-state index contributed by atoms with van der Waals surface area (Å²) in [7, 11) is -4.79. The molecule has 176 valence electrons. The maximum atomic E-state index is 11.9. The fraction of sp³-hybridized carbons (Fsp3) is 0.118. The van der Waals surface area contributed by atoms with E-state index in [0.717, 1.165) is 6.08 Å². The van der Waals surface area contributed by atoms with Crippen molar-refractivity contribution in [2.75, 3.05) is 11.2 Å². The Morgan fingerprint density at radius 1 is 1.27 bits per heavy atom. The molecule has 2 aliphatic carbocycles. The van der Waals surface area contributed by atoms with Crippen molar-refractivity contribution in [2.24, 2.45) is 16.9 Å². The van der Waals surface area contributed by atoms with Gasteiger partial charge >= 0.3 is 6.15 Å². The second-order valence-corrected chi connectivity index (χ2v) is 9.34. The molecule has 16 heteroatoms. The van der Waals surface area contributed by atoms with Crippen molar-refractivity contribution in [1.82, 2.24) is 0 Å². The van der Waals surface area contributed by atoms with E-state index in [2.05, 4.69) is 10.5 Å². The lowest BCUT2D eigenvalue weighted by molar-refractivity contribution is -0.191. The molecule has 0 aliphatic heterocycles. The second kappa shape index (κ2) is 10.7. The van der Waals surface area contributed by atoms with Crippen molar-refractivity contribution in [3.63, 3.8) is 0 Å². The van der Waals surface area contributed by atoms with Gasteiger partial charge in [0.05, 0.1) is 27.9 Å². The summed E-state index contributed by atoms with van der Waals surface area (Å²) >= 11 is -2.03. The first-order valence-corrected chi connectivity index (χ1v) is 11.8. The number of nitrogens with one attached hydrogen (secondary N) is 2. The SMILES string of the molecule is N=C1/C(=N\Nc2ccc(N)c(S(=O)O)c2)C(S(=O)(=O)O)=CC2C=C(SO)C=C(O)C12.O=C=O. The van der Waals surface area contributed by atoms with Gasteiger partial charge in [-0.2, -0.15) is 23.1 Å². The number of carbonyl (C=O) groups excluding carboxylic acids is 2. The van der Waals surface area contributed by atoms with Gasteiger partial charge in [-0.3, -0.25) is 9.98 Å². The van der Waals surface area contributed by atoms with E-state index in [1.54, 1.807) is 0 Å². The summed E-state index contributed by atoms with van der Waals surface area (Å²) in [4.78, 5) is 15.7. The van der Waals surface area contributed by atoms with Gasteiger partial charge in [0.2, 0.25) is 0 Å². The first-order chi connectivity index (χ1) is 15.4. The number of hydrogen-bond acceptors (Lipinski definition) is 12. The normalized spacial score (nSPS) is 22.0. The minimum absolute atomic E-state index is 0.0578. The van der Waals surface area contributed by atoms with Gasteiger partial charge in [0.15, 0.2) is 11.1 Å². The number of aliphatic hydroxyl groups is 1. The molecule has 1 aromatic rings. The summed E-state index contributed by atoms with van der Waals surface area (Å²) < 4.78 is 63.2. The number of nitrogen functional groups attached to an aromatic ring is 1. The molecule has 0 saturated carbocycles. The molecule has 0 saturated heterocycles. The van der Waals surface area contributed by atoms with Crippen molar-refractivity contribution in [2.45, 2.75) is 4.90 Å². The van der Waals surface area contributed by atoms with E-state index in [4.69, 9.17) is 20.7 Å². The molecule has 8 N–H and O–H groups in total. The fourth-order valence-corrected chi connectivity index (χ4v) is 4.66. The number of rotatable bonds is 5. The summed E-state index contributed by atoms with van der Waals surface area (Å²) in [5, 5.41) is 22.5. The Hall–Kier alpha value is -3.11. The van der Waals surface area contributed by atoms with Crippen LogP contribution in [0.5, 0.6) is 0 Å². The molecule has 0 radical (unpaired) electrons. The Balaban J connectivity index is 0.00000122. The van der Waals surface area contributed by atoms with Gasteiger partial charge in [-0.05, 0) is 24.3 Å². The van der Waals surface area contributed by atoms with Crippen LogP contribution in [0, 0.1) is 17.2 Å². The van der Waals surface area contributed by atoms with E-state index >= 15 is 0 Å². The van der Waals surface area contributed by atoms with Crippen LogP contribution in [0.1, 0.15) is 0 Å². The molecule has 33 heavy (non-hydrogen) atoms. The highest BCUT2D eigenvalue weighted by molar-refractivity contribution is 7.97. The molecule has 3 unspecified atom stereocenters. The highest BCUT2D eigenvalue weighted by atomic mass is 32.2. The summed E-state index contributed by atoms with van der Waals surface area (Å²) in [5.74, 6) is -2.07. The molecule has 2 aliphatic rings. The predicted molar refractivity (Wildman–Crippen MR) is 119 cm³/mol. The quantitative estimate of drug-likeness (QED) is 0.0970. The zero-order valence-corrected chi connectivity index (χ0v) is 18.6. The van der Waals surface area contributed by atoms with Gasteiger partial charge in [0.25, 0.3) is 10.1 Å². The summed E-state index contributed by atoms with van der Waals surface area (Å²) in [6, 6.07) is 3.96. The van der Waals surface area contributed by atoms with E-state index in [0.29, 0.717) is 12.0 Å². The third kappa shape index (κ3) is 6.02. The molecule has 0 bridgehead atoms. The highest BCUT2D eigenvalue weighted by Gasteiger charge is 2.41. The minimum Gasteiger partial charge on any atom is -0.512 e. The minimum atomic E-state index is -4.79. The van der Waals surface area contributed by atoms with Crippen LogP contribution in [0.25, 0.3) is 0 Å². The van der Waals surface area contributed by atoms with E-state index in [9.17, 15) is 31.4 Å². The molecule has 13 nitrogen and oxygen atoms in total. The Labute approximate surface area is 193 Å². The number of fused-ring (bicyclic) bond motifs is 1. The van der Waals surface area contributed by atoms with Crippen LogP contribution in [0.15, 0.2) is 62.0 Å². The molecule has 0 amide bonds. The Bertz CT molecular complexity index is 1260. The Kier molecular flexibility index (Phi) is 8.45. The fourth-order valence-electron chi connectivity index (χ4n) is 3.04. The maximum Gasteiger partial charge on any atom is 0.373 e. The number of aliphatic hydroxyl groups excluding tert-OH is 1. The molecular weight excluding hydrogens is 500 g/mol. The monoisotopic (exact) mass is 516 g/mol. The van der Waals surface area contributed by atoms with E-state index in [1.807, 2.05) is 0 Å². The summed E-state index contributed by atoms with van der Waals surface area (Å²) in [6.45, 7) is 0. The van der Waals surface area contributed by atoms with Crippen molar-refractivity contribution in [3.05, 3.63) is 52.0 Å². The van der Waals surface area contributed by atoms with Crippen LogP contribution in [0.2, 0.25) is 0 Å². The van der Waals surface area contributed by atoms with Crippen molar-refractivity contribution < 1.29 is 41.0 Å². The molecule has 0 aromatic heterocycles. The Morgan fingerprint density at radius 2 is 1.91 bits per heavy atom. The van der Waals surface area contributed by atoms with Gasteiger partial charge in [0, 0.05) is 22.9 Å². The van der Waals surface area contributed by atoms with Crippen molar-refractivity contribution in [1.29, 1.82) is 5.41 Å². The molecule has 3 atom stereocenters. The molecule has 0 spiro atoms. The number of allylic oxidation sites excluding steroid dienone is 5. The van der Waals surface area contributed by atoms with E-state index in [1.165, 1.54) is 30.4 Å². The number of nitrogens with zero attached hydrogens (tertiary/aromatic N) is 1. The largest absolute Gasteiger partial charge is 0.512 e. The second-order valence-electron chi connectivity index (χ2n) is 6.36. The molecule has 1 aromatic carbocycles. The lowest BCUT2D eigenvalue weighted by Crippen LogP contribution is -2.38. The van der Waals surface area contributed by atoms with Crippen LogP contribution < -0.4 is 11.2 Å². The van der Waals surface area contributed by atoms with Gasteiger partial charge in [-0.15, -0.1) is 0 Å². The van der Waals surface area contributed by atoms with Gasteiger partial charge < -0.3 is 25.4 Å². The third-order valence-corrected chi connectivity index (χ3v) is 6.46. The Morgan fingerprint density at radius 3 is 2.45 bits per heavy atom. The van der Waals surface area contributed by atoms with Gasteiger partial charge in [0.1, 0.15) is 16.4 Å². The predicted octanol–water partition coefficient (Wildman–Crippen LogP) is 1.62. The summed E-state index contributed by atoms with van der Waals surface area (Å²) in [5.41, 5.74) is 7.46. The number of anilines is 2. The molecule has 3 rings (SSSR count). The van der Waals surface area contributed by atoms with Gasteiger partial charge in [-0.25, -0.2) is 4.21 Å². The van der Waals surface area contributed by atoms with Crippen LogP contribution in [0.4, 0.5) is 11.4 Å². The highest BCUT2D eigenvalue weighted by Crippen LogP contribution is 2.38. The van der Waals surface area contributed by atoms with Crippen LogP contribution in [-0.2, 0) is 30.8 Å². The standard InChI is InChI=1S/C16H16N4O7S3.CO2/c17-10-2-1-8(5-12(10)29(23)24)19-20-16-13(30(25,26)27)4-7-3-9(28-22)6-11(21)14(7)15(16)18;2-1-3/h1-7,14,18-19,21-22H,17H2,(H,23,24)(H,25,26,27);/b18-15?,20-16-;. The molecular formula is C17H16N4O9S3. The number of nitrogens with two attached hydrogens (primary N) is 1. The number of hydrazone groups is 1. The lowest BCUT2D eigenvalue weighted by Gasteiger charge is -2.31. The van der Waals surface area contributed by atoms with Crippen molar-refractivity contribution in [3.8, 4) is 0 Å². The zero-order valence-electron chi connectivity index (χ0n) is 16.2. The first kappa shape index (κ1) is 26.1. The number of hydrogen-bond donors (Lipinski definition) is 7. The average molecular weight is 517 g/mol. The zero-order chi connectivity index (χ0) is 24.9. The molecule has 0 fully saturated rings. The van der Waals surface area contributed by atoms with E-state index in [-0.39, 0.29) is 33.1 Å². The third-order valence-electron chi connectivity index (χ3n) is 4.38. The number of benzene rings is 1. The lowest BCUT2D eigenvalue weighted by atomic mass is 9.77. The van der Waals surface area contributed by atoms with Crippen LogP contribution in [-0.4, -0.2) is 49.0 Å². The smallest absolute Gasteiger partial charge is 0.373 e. The van der Waals surface area contributed by atoms with Gasteiger partial charge in [-0.1, -0.05) is 12.2 Å².